The van der Waals surface area contributed by atoms with E-state index in [-0.39, 0.29) is 17.8 Å². The molecule has 1 saturated carbocycles. The molecule has 4 rings (SSSR count). The highest BCUT2D eigenvalue weighted by Gasteiger charge is 2.28. The minimum atomic E-state index is 0.127. The van der Waals surface area contributed by atoms with Crippen molar-refractivity contribution in [2.45, 2.75) is 25.0 Å². The van der Waals surface area contributed by atoms with Crippen LogP contribution in [0.5, 0.6) is 5.75 Å². The third-order valence-electron chi connectivity index (χ3n) is 4.05. The number of H-pyrrole nitrogens is 1. The number of pyridine rings is 1. The minimum absolute atomic E-state index is 0.127. The van der Waals surface area contributed by atoms with Gasteiger partial charge in [-0.2, -0.15) is 10.4 Å². The molecule has 0 spiro atoms. The second-order valence-electron chi connectivity index (χ2n) is 6.01. The molecule has 1 aliphatic rings. The zero-order valence-corrected chi connectivity index (χ0v) is 13.8. The number of aromatic amines is 1. The van der Waals surface area contributed by atoms with Crippen molar-refractivity contribution >= 4 is 11.6 Å². The summed E-state index contributed by atoms with van der Waals surface area (Å²) >= 11 is 0. The van der Waals surface area contributed by atoms with Crippen LogP contribution in [0.1, 0.15) is 18.5 Å². The van der Waals surface area contributed by atoms with Gasteiger partial charge in [-0.3, -0.25) is 10.1 Å². The Hall–Kier alpha value is -3.51. The molecule has 0 bridgehead atoms. The Bertz CT molecular complexity index is 940. The number of hydrogen-bond donors (Lipinski definition) is 3. The van der Waals surface area contributed by atoms with Gasteiger partial charge in [-0.15, -0.1) is 0 Å². The van der Waals surface area contributed by atoms with Crippen molar-refractivity contribution in [3.8, 4) is 23.2 Å². The van der Waals surface area contributed by atoms with Gasteiger partial charge in [-0.05, 0) is 25.0 Å². The molecular formula is C17H16N8O. The van der Waals surface area contributed by atoms with Crippen LogP contribution in [0.2, 0.25) is 0 Å². The molecule has 26 heavy (non-hydrogen) atoms. The van der Waals surface area contributed by atoms with Crippen LogP contribution in [-0.2, 0) is 0 Å². The second-order valence-corrected chi connectivity index (χ2v) is 6.01. The van der Waals surface area contributed by atoms with Crippen molar-refractivity contribution < 1.29 is 4.74 Å². The maximum atomic E-state index is 8.76. The van der Waals surface area contributed by atoms with Crippen LogP contribution in [-0.4, -0.2) is 37.3 Å². The fraction of sp³-hybridized carbons (Fsp3) is 0.235. The summed E-state index contributed by atoms with van der Waals surface area (Å²) in [5.74, 6) is 1.74. The molecule has 0 radical (unpaired) electrons. The van der Waals surface area contributed by atoms with Crippen molar-refractivity contribution in [1.82, 2.24) is 25.1 Å². The third kappa shape index (κ3) is 3.31. The summed E-state index contributed by atoms with van der Waals surface area (Å²) in [6.45, 7) is 0. The lowest BCUT2D eigenvalue weighted by Crippen LogP contribution is -2.43. The molecule has 0 aromatic carbocycles. The van der Waals surface area contributed by atoms with E-state index in [4.69, 9.17) is 15.7 Å². The number of nitriles is 1. The van der Waals surface area contributed by atoms with Gasteiger partial charge in [0.15, 0.2) is 11.5 Å². The van der Waals surface area contributed by atoms with Gasteiger partial charge in [-0.25, -0.2) is 9.97 Å². The summed E-state index contributed by atoms with van der Waals surface area (Å²) in [7, 11) is 0. The zero-order chi connectivity index (χ0) is 17.9. The van der Waals surface area contributed by atoms with Crippen molar-refractivity contribution in [3.63, 3.8) is 0 Å². The van der Waals surface area contributed by atoms with E-state index in [0.29, 0.717) is 28.8 Å². The van der Waals surface area contributed by atoms with Gasteiger partial charge < -0.3 is 15.8 Å². The lowest BCUT2D eigenvalue weighted by atomic mass is 9.90. The summed E-state index contributed by atoms with van der Waals surface area (Å²) in [5.41, 5.74) is 7.47. The molecule has 0 atom stereocenters. The number of aromatic nitrogens is 5. The van der Waals surface area contributed by atoms with E-state index in [1.54, 1.807) is 6.20 Å². The van der Waals surface area contributed by atoms with Crippen molar-refractivity contribution in [2.24, 2.45) is 5.73 Å². The monoisotopic (exact) mass is 348 g/mol. The normalized spacial score (nSPS) is 18.6. The third-order valence-corrected chi connectivity index (χ3v) is 4.05. The minimum Gasteiger partial charge on any atom is -0.488 e. The Kier molecular flexibility index (Phi) is 4.17. The van der Waals surface area contributed by atoms with E-state index in [0.717, 1.165) is 12.8 Å². The maximum Gasteiger partial charge on any atom is 0.158 e. The van der Waals surface area contributed by atoms with Crippen LogP contribution in [0, 0.1) is 11.3 Å². The number of rotatable bonds is 5. The summed E-state index contributed by atoms with van der Waals surface area (Å²) in [5, 5.41) is 18.9. The van der Waals surface area contributed by atoms with E-state index in [1.807, 2.05) is 24.3 Å². The van der Waals surface area contributed by atoms with E-state index >= 15 is 0 Å². The van der Waals surface area contributed by atoms with Crippen molar-refractivity contribution in [1.29, 1.82) is 5.26 Å². The van der Waals surface area contributed by atoms with E-state index in [2.05, 4.69) is 30.5 Å². The Labute approximate surface area is 149 Å². The molecule has 130 valence electrons. The van der Waals surface area contributed by atoms with E-state index in [9.17, 15) is 0 Å². The molecule has 3 heterocycles. The predicted octanol–water partition coefficient (Wildman–Crippen LogP) is 1.75. The maximum absolute atomic E-state index is 8.76. The number of anilines is 2. The molecule has 0 saturated heterocycles. The van der Waals surface area contributed by atoms with E-state index in [1.165, 1.54) is 12.4 Å². The standard InChI is InChI=1S/C17H16N8O/c18-7-11-8-22-16(9-21-11)23-15-6-13(24-25-15)17-14(2-1-3-20-17)26-12-4-10(19)5-12/h1-3,6,8-10,12H,4-5,19H2,(H2,22,23,24,25). The summed E-state index contributed by atoms with van der Waals surface area (Å²) in [6, 6.07) is 7.66. The Morgan fingerprint density at radius 1 is 1.23 bits per heavy atom. The summed E-state index contributed by atoms with van der Waals surface area (Å²) in [6.07, 6.45) is 6.39. The molecule has 3 aromatic heterocycles. The molecule has 0 amide bonds. The highest BCUT2D eigenvalue weighted by atomic mass is 16.5. The van der Waals surface area contributed by atoms with Gasteiger partial charge in [0.05, 0.1) is 18.1 Å². The largest absolute Gasteiger partial charge is 0.488 e. The van der Waals surface area contributed by atoms with Gasteiger partial charge in [0.1, 0.15) is 29.4 Å². The first-order valence-electron chi connectivity index (χ1n) is 8.13. The fourth-order valence-corrected chi connectivity index (χ4v) is 2.66. The molecule has 4 N–H and O–H groups in total. The molecule has 0 unspecified atom stereocenters. The van der Waals surface area contributed by atoms with Crippen LogP contribution >= 0.6 is 0 Å². The highest BCUT2D eigenvalue weighted by Crippen LogP contribution is 2.32. The molecule has 9 heteroatoms. The average molecular weight is 348 g/mol. The van der Waals surface area contributed by atoms with Gasteiger partial charge >= 0.3 is 0 Å². The number of ether oxygens (including phenoxy) is 1. The summed E-state index contributed by atoms with van der Waals surface area (Å²) in [4.78, 5) is 12.5. The molecule has 1 aliphatic carbocycles. The van der Waals surface area contributed by atoms with Crippen molar-refractivity contribution in [3.05, 3.63) is 42.5 Å². The second kappa shape index (κ2) is 6.78. The zero-order valence-electron chi connectivity index (χ0n) is 13.8. The highest BCUT2D eigenvalue weighted by molar-refractivity contribution is 5.66. The number of nitrogens with two attached hydrogens (primary N) is 1. The van der Waals surface area contributed by atoms with Gasteiger partial charge in [0.25, 0.3) is 0 Å². The topological polar surface area (TPSA) is 138 Å². The van der Waals surface area contributed by atoms with Gasteiger partial charge in [-0.1, -0.05) is 0 Å². The molecule has 0 aliphatic heterocycles. The van der Waals surface area contributed by atoms with Crippen LogP contribution in [0.4, 0.5) is 11.6 Å². The van der Waals surface area contributed by atoms with Gasteiger partial charge in [0, 0.05) is 18.3 Å². The smallest absolute Gasteiger partial charge is 0.158 e. The Morgan fingerprint density at radius 3 is 2.85 bits per heavy atom. The first-order valence-corrected chi connectivity index (χ1v) is 8.13. The van der Waals surface area contributed by atoms with Crippen LogP contribution in [0.3, 0.4) is 0 Å². The van der Waals surface area contributed by atoms with Crippen LogP contribution < -0.4 is 15.8 Å². The number of hydrogen-bond acceptors (Lipinski definition) is 8. The lowest BCUT2D eigenvalue weighted by molar-refractivity contribution is 0.101. The molecule has 1 fully saturated rings. The first-order chi connectivity index (χ1) is 12.7. The van der Waals surface area contributed by atoms with Gasteiger partial charge in [0.2, 0.25) is 0 Å². The van der Waals surface area contributed by atoms with Crippen LogP contribution in [0.25, 0.3) is 11.4 Å². The quantitative estimate of drug-likeness (QED) is 0.634. The number of nitrogens with zero attached hydrogens (tertiary/aromatic N) is 5. The lowest BCUT2D eigenvalue weighted by Gasteiger charge is -2.32. The fourth-order valence-electron chi connectivity index (χ4n) is 2.66. The SMILES string of the molecule is N#Cc1cnc(Nc2cc(-c3ncccc3OC3CC(N)C3)[nH]n2)cn1. The van der Waals surface area contributed by atoms with E-state index < -0.39 is 0 Å². The molecule has 9 nitrogen and oxygen atoms in total. The Morgan fingerprint density at radius 2 is 2.12 bits per heavy atom. The first kappa shape index (κ1) is 16.0. The number of nitrogens with one attached hydrogen (secondary N) is 2. The van der Waals surface area contributed by atoms with Crippen molar-refractivity contribution in [2.75, 3.05) is 5.32 Å². The average Bonchev–Trinajstić information content (AvgIpc) is 3.10. The molecular weight excluding hydrogens is 332 g/mol. The molecule has 3 aromatic rings. The predicted molar refractivity (Wildman–Crippen MR) is 93.5 cm³/mol. The Balaban J connectivity index is 1.51. The van der Waals surface area contributed by atoms with Crippen LogP contribution in [0.15, 0.2) is 36.8 Å². The summed E-state index contributed by atoms with van der Waals surface area (Å²) < 4.78 is 6.00.